The quantitative estimate of drug-likeness (QED) is 0.194. The van der Waals surface area contributed by atoms with E-state index >= 15 is 0 Å². The van der Waals surface area contributed by atoms with E-state index in [1.807, 2.05) is 30.3 Å². The number of benzene rings is 3. The molecule has 0 spiro atoms. The Morgan fingerprint density at radius 2 is 1.68 bits per heavy atom. The molecule has 1 aliphatic heterocycles. The van der Waals surface area contributed by atoms with Crippen LogP contribution in [0.25, 0.3) is 38.9 Å². The highest BCUT2D eigenvalue weighted by Gasteiger charge is 2.14. The topological polar surface area (TPSA) is 101 Å². The Labute approximate surface area is 237 Å². The zero-order valence-electron chi connectivity index (χ0n) is 22.9. The van der Waals surface area contributed by atoms with Crippen molar-refractivity contribution in [3.63, 3.8) is 0 Å². The Hall–Kier alpha value is -5.15. The highest BCUT2D eigenvalue weighted by molar-refractivity contribution is 5.89. The van der Waals surface area contributed by atoms with E-state index in [9.17, 15) is 0 Å². The van der Waals surface area contributed by atoms with Crippen molar-refractivity contribution in [1.82, 2.24) is 30.0 Å². The van der Waals surface area contributed by atoms with Crippen LogP contribution in [0.3, 0.4) is 0 Å². The lowest BCUT2D eigenvalue weighted by Gasteiger charge is -2.34. The largest absolute Gasteiger partial charge is 0.369 e. The van der Waals surface area contributed by atoms with Crippen LogP contribution < -0.4 is 15.5 Å². The highest BCUT2D eigenvalue weighted by Crippen LogP contribution is 2.28. The van der Waals surface area contributed by atoms with Crippen LogP contribution in [0.4, 0.5) is 22.9 Å². The maximum Gasteiger partial charge on any atom is 0.161 e. The molecule has 0 amide bonds. The van der Waals surface area contributed by atoms with E-state index < -0.39 is 0 Å². The molecule has 0 bridgehead atoms. The molecule has 41 heavy (non-hydrogen) atoms. The molecule has 1 saturated heterocycles. The standard InChI is InChI=1S/C32H31N9/c1-21(35-25-5-8-27(9-6-25)41-15-13-40(2)14-16-41)29-18-22-3-4-23(19-30(22)37-29)32-33-12-11-31(38-32)36-26-7-10-28-24(17-26)20-34-39-28/h3-12,17-20,35,37H,1,13-16H2,2H3,(H,34,39)(H,33,36,38). The van der Waals surface area contributed by atoms with Gasteiger partial charge in [-0.3, -0.25) is 5.10 Å². The second-order valence-corrected chi connectivity index (χ2v) is 10.5. The van der Waals surface area contributed by atoms with Crippen molar-refractivity contribution in [2.24, 2.45) is 0 Å². The van der Waals surface area contributed by atoms with E-state index in [-0.39, 0.29) is 0 Å². The van der Waals surface area contributed by atoms with Crippen LogP contribution in [-0.4, -0.2) is 63.3 Å². The van der Waals surface area contributed by atoms with Gasteiger partial charge in [-0.05, 0) is 67.7 Å². The van der Waals surface area contributed by atoms with Crippen molar-refractivity contribution in [2.45, 2.75) is 0 Å². The van der Waals surface area contributed by atoms with Crippen molar-refractivity contribution >= 4 is 50.4 Å². The molecule has 3 aromatic heterocycles. The van der Waals surface area contributed by atoms with E-state index in [4.69, 9.17) is 4.98 Å². The van der Waals surface area contributed by atoms with E-state index in [1.165, 1.54) is 5.69 Å². The Bertz CT molecular complexity index is 1840. The number of H-pyrrole nitrogens is 2. The van der Waals surface area contributed by atoms with Crippen molar-refractivity contribution < 1.29 is 0 Å². The van der Waals surface area contributed by atoms with Crippen LogP contribution in [0.2, 0.25) is 0 Å². The number of nitrogens with zero attached hydrogens (tertiary/aromatic N) is 5. The van der Waals surface area contributed by atoms with Gasteiger partial charge in [-0.15, -0.1) is 0 Å². The van der Waals surface area contributed by atoms with Crippen molar-refractivity contribution in [3.8, 4) is 11.4 Å². The normalized spacial score (nSPS) is 14.0. The summed E-state index contributed by atoms with van der Waals surface area (Å²) in [6.07, 6.45) is 3.58. The molecule has 3 aromatic carbocycles. The van der Waals surface area contributed by atoms with Gasteiger partial charge in [0.25, 0.3) is 0 Å². The number of anilines is 4. The number of aromatic amines is 2. The minimum Gasteiger partial charge on any atom is -0.369 e. The Kier molecular flexibility index (Phi) is 6.33. The average molecular weight is 542 g/mol. The fourth-order valence-corrected chi connectivity index (χ4v) is 5.23. The molecule has 0 atom stereocenters. The van der Waals surface area contributed by atoms with E-state index in [1.54, 1.807) is 12.4 Å². The summed E-state index contributed by atoms with van der Waals surface area (Å²) in [6.45, 7) is 8.59. The number of hydrogen-bond donors (Lipinski definition) is 4. The molecule has 1 aliphatic rings. The Morgan fingerprint density at radius 1 is 0.854 bits per heavy atom. The first-order valence-corrected chi connectivity index (χ1v) is 13.7. The third-order valence-corrected chi connectivity index (χ3v) is 7.60. The summed E-state index contributed by atoms with van der Waals surface area (Å²) in [6, 6.07) is 24.8. The summed E-state index contributed by atoms with van der Waals surface area (Å²) >= 11 is 0. The first-order chi connectivity index (χ1) is 20.1. The fraction of sp³-hybridized carbons (Fsp3) is 0.156. The second kappa shape index (κ2) is 10.4. The van der Waals surface area contributed by atoms with Gasteiger partial charge in [0.15, 0.2) is 5.82 Å². The summed E-state index contributed by atoms with van der Waals surface area (Å²) in [4.78, 5) is 17.6. The van der Waals surface area contributed by atoms with Crippen LogP contribution in [-0.2, 0) is 0 Å². The number of hydrogen-bond acceptors (Lipinski definition) is 7. The molecule has 9 heteroatoms. The lowest BCUT2D eigenvalue weighted by Crippen LogP contribution is -2.44. The molecule has 204 valence electrons. The lowest BCUT2D eigenvalue weighted by atomic mass is 10.1. The van der Waals surface area contributed by atoms with Crippen molar-refractivity contribution in [2.75, 3.05) is 48.8 Å². The van der Waals surface area contributed by atoms with Gasteiger partial charge in [-0.2, -0.15) is 5.10 Å². The van der Waals surface area contributed by atoms with Gasteiger partial charge in [0.1, 0.15) is 5.82 Å². The maximum absolute atomic E-state index is 4.76. The molecule has 0 radical (unpaired) electrons. The smallest absolute Gasteiger partial charge is 0.161 e. The number of piperazine rings is 1. The molecule has 1 fully saturated rings. The average Bonchev–Trinajstić information content (AvgIpc) is 3.65. The molecule has 4 N–H and O–H groups in total. The highest BCUT2D eigenvalue weighted by atomic mass is 15.2. The third-order valence-electron chi connectivity index (χ3n) is 7.60. The summed E-state index contributed by atoms with van der Waals surface area (Å²) in [5.74, 6) is 1.37. The zero-order chi connectivity index (χ0) is 27.8. The predicted molar refractivity (Wildman–Crippen MR) is 168 cm³/mol. The molecule has 0 unspecified atom stereocenters. The van der Waals surface area contributed by atoms with Crippen molar-refractivity contribution in [3.05, 3.63) is 97.5 Å². The fourth-order valence-electron chi connectivity index (χ4n) is 5.23. The van der Waals surface area contributed by atoms with E-state index in [0.29, 0.717) is 5.82 Å². The molecule has 6 aromatic rings. The summed E-state index contributed by atoms with van der Waals surface area (Å²) in [5, 5.41) is 16.0. The zero-order valence-corrected chi connectivity index (χ0v) is 22.9. The van der Waals surface area contributed by atoms with Crippen LogP contribution in [0, 0.1) is 0 Å². The minimum absolute atomic E-state index is 0.648. The Balaban J connectivity index is 1.05. The molecule has 0 saturated carbocycles. The van der Waals surface area contributed by atoms with Gasteiger partial charge in [0.05, 0.1) is 23.1 Å². The number of rotatable bonds is 7. The van der Waals surface area contributed by atoms with Gasteiger partial charge in [-0.1, -0.05) is 18.7 Å². The SMILES string of the molecule is C=C(Nc1ccc(N2CCN(C)CC2)cc1)c1cc2ccc(-c3nccc(Nc4ccc5[nH]ncc5c4)n3)cc2[nH]1. The predicted octanol–water partition coefficient (Wildman–Crippen LogP) is 6.08. The summed E-state index contributed by atoms with van der Waals surface area (Å²) in [5.41, 5.74) is 7.88. The molecule has 0 aliphatic carbocycles. The van der Waals surface area contributed by atoms with Gasteiger partial charge >= 0.3 is 0 Å². The Morgan fingerprint density at radius 3 is 2.54 bits per heavy atom. The number of nitrogens with one attached hydrogen (secondary N) is 4. The third kappa shape index (κ3) is 5.22. The molecular formula is C32H31N9. The van der Waals surface area contributed by atoms with E-state index in [0.717, 1.165) is 82.1 Å². The summed E-state index contributed by atoms with van der Waals surface area (Å²) in [7, 11) is 2.18. The molecular weight excluding hydrogens is 510 g/mol. The van der Waals surface area contributed by atoms with Crippen molar-refractivity contribution in [1.29, 1.82) is 0 Å². The van der Waals surface area contributed by atoms with Crippen LogP contribution in [0.15, 0.2) is 91.8 Å². The van der Waals surface area contributed by atoms with Gasteiger partial charge in [-0.25, -0.2) is 9.97 Å². The molecule has 7 rings (SSSR count). The van der Waals surface area contributed by atoms with Crippen LogP contribution >= 0.6 is 0 Å². The first kappa shape index (κ1) is 24.9. The van der Waals surface area contributed by atoms with Crippen LogP contribution in [0.5, 0.6) is 0 Å². The number of likely N-dealkylation sites (N-methyl/N-ethyl adjacent to an activating group) is 1. The van der Waals surface area contributed by atoms with Gasteiger partial charge in [0, 0.05) is 71.3 Å². The monoisotopic (exact) mass is 541 g/mol. The van der Waals surface area contributed by atoms with Gasteiger partial charge < -0.3 is 25.4 Å². The molecule has 4 heterocycles. The second-order valence-electron chi connectivity index (χ2n) is 10.5. The molecule has 9 nitrogen and oxygen atoms in total. The first-order valence-electron chi connectivity index (χ1n) is 13.7. The summed E-state index contributed by atoms with van der Waals surface area (Å²) < 4.78 is 0. The van der Waals surface area contributed by atoms with Crippen LogP contribution in [0.1, 0.15) is 5.69 Å². The number of aromatic nitrogens is 5. The number of fused-ring (bicyclic) bond motifs is 2. The van der Waals surface area contributed by atoms with Gasteiger partial charge in [0.2, 0.25) is 0 Å². The lowest BCUT2D eigenvalue weighted by molar-refractivity contribution is 0.313. The minimum atomic E-state index is 0.648. The maximum atomic E-state index is 4.76. The van der Waals surface area contributed by atoms with E-state index in [2.05, 4.69) is 96.7 Å².